The van der Waals surface area contributed by atoms with Gasteiger partial charge in [0, 0.05) is 11.3 Å². The SMILES string of the molecule is CCCc1[nH]nc2c1[C@@H](c1ccc(CC)cc1)C(C#N)=C(N)O2. The van der Waals surface area contributed by atoms with Crippen LogP contribution >= 0.6 is 0 Å². The van der Waals surface area contributed by atoms with Gasteiger partial charge < -0.3 is 10.5 Å². The van der Waals surface area contributed by atoms with Crippen LogP contribution in [0.1, 0.15) is 48.6 Å². The van der Waals surface area contributed by atoms with Crippen molar-refractivity contribution in [2.75, 3.05) is 0 Å². The van der Waals surface area contributed by atoms with E-state index in [4.69, 9.17) is 10.5 Å². The van der Waals surface area contributed by atoms with Gasteiger partial charge in [-0.2, -0.15) is 5.26 Å². The maximum atomic E-state index is 9.58. The molecule has 5 heteroatoms. The molecule has 0 aliphatic carbocycles. The fraction of sp³-hybridized carbons (Fsp3) is 0.333. The Bertz CT molecular complexity index is 780. The molecule has 0 spiro atoms. The third kappa shape index (κ3) is 2.57. The molecule has 2 aromatic rings. The van der Waals surface area contributed by atoms with Gasteiger partial charge in [-0.05, 0) is 24.0 Å². The Morgan fingerprint density at radius 3 is 2.65 bits per heavy atom. The topological polar surface area (TPSA) is 87.7 Å². The first kappa shape index (κ1) is 15.2. The van der Waals surface area contributed by atoms with Crippen molar-refractivity contribution in [3.63, 3.8) is 0 Å². The van der Waals surface area contributed by atoms with Gasteiger partial charge in [-0.15, -0.1) is 5.10 Å². The van der Waals surface area contributed by atoms with Crippen molar-refractivity contribution in [2.24, 2.45) is 5.73 Å². The summed E-state index contributed by atoms with van der Waals surface area (Å²) in [6.45, 7) is 4.23. The molecule has 1 atom stereocenters. The van der Waals surface area contributed by atoms with Crippen LogP contribution in [0.4, 0.5) is 0 Å². The lowest BCUT2D eigenvalue weighted by molar-refractivity contribution is 0.378. The summed E-state index contributed by atoms with van der Waals surface area (Å²) in [4.78, 5) is 0. The molecule has 1 aliphatic rings. The Hall–Kier alpha value is -2.74. The predicted molar refractivity (Wildman–Crippen MR) is 87.7 cm³/mol. The summed E-state index contributed by atoms with van der Waals surface area (Å²) in [7, 11) is 0. The average molecular weight is 308 g/mol. The third-order valence-electron chi connectivity index (χ3n) is 4.24. The molecule has 0 radical (unpaired) electrons. The Labute approximate surface area is 135 Å². The summed E-state index contributed by atoms with van der Waals surface area (Å²) in [5.41, 5.74) is 10.6. The van der Waals surface area contributed by atoms with Crippen LogP contribution in [0.3, 0.4) is 0 Å². The molecular weight excluding hydrogens is 288 g/mol. The Balaban J connectivity index is 2.15. The molecule has 3 N–H and O–H groups in total. The minimum atomic E-state index is -0.227. The number of allylic oxidation sites excluding steroid dienone is 1. The molecule has 0 unspecified atom stereocenters. The minimum absolute atomic E-state index is 0.138. The van der Waals surface area contributed by atoms with E-state index >= 15 is 0 Å². The zero-order chi connectivity index (χ0) is 16.4. The molecule has 2 heterocycles. The first-order valence-corrected chi connectivity index (χ1v) is 7.93. The second-order valence-electron chi connectivity index (χ2n) is 5.69. The van der Waals surface area contributed by atoms with Gasteiger partial charge in [0.15, 0.2) is 0 Å². The molecule has 0 saturated carbocycles. The van der Waals surface area contributed by atoms with Crippen LogP contribution in [0.15, 0.2) is 35.7 Å². The number of benzene rings is 1. The van der Waals surface area contributed by atoms with Crippen LogP contribution in [0.2, 0.25) is 0 Å². The average Bonchev–Trinajstić information content (AvgIpc) is 2.96. The second-order valence-corrected chi connectivity index (χ2v) is 5.69. The van der Waals surface area contributed by atoms with Crippen LogP contribution in [-0.2, 0) is 12.8 Å². The number of nitrogens with zero attached hydrogens (tertiary/aromatic N) is 2. The largest absolute Gasteiger partial charge is 0.420 e. The van der Waals surface area contributed by atoms with Crippen molar-refractivity contribution in [1.29, 1.82) is 5.26 Å². The molecule has 0 bridgehead atoms. The van der Waals surface area contributed by atoms with E-state index in [2.05, 4.69) is 54.4 Å². The normalized spacial score (nSPS) is 16.7. The van der Waals surface area contributed by atoms with E-state index in [1.165, 1.54) is 5.56 Å². The van der Waals surface area contributed by atoms with Crippen LogP contribution in [0, 0.1) is 11.3 Å². The lowest BCUT2D eigenvalue weighted by Gasteiger charge is -2.24. The van der Waals surface area contributed by atoms with Crippen molar-refractivity contribution in [3.05, 3.63) is 58.1 Å². The van der Waals surface area contributed by atoms with Gasteiger partial charge in [-0.25, -0.2) is 0 Å². The quantitative estimate of drug-likeness (QED) is 0.908. The first-order valence-electron chi connectivity index (χ1n) is 7.93. The Morgan fingerprint density at radius 2 is 2.04 bits per heavy atom. The zero-order valence-electron chi connectivity index (χ0n) is 13.4. The highest BCUT2D eigenvalue weighted by Crippen LogP contribution is 2.43. The minimum Gasteiger partial charge on any atom is -0.420 e. The van der Waals surface area contributed by atoms with Crippen LogP contribution in [0.5, 0.6) is 5.88 Å². The van der Waals surface area contributed by atoms with Crippen molar-refractivity contribution in [1.82, 2.24) is 10.2 Å². The fourth-order valence-corrected chi connectivity index (χ4v) is 3.03. The number of H-pyrrole nitrogens is 1. The number of aromatic amines is 1. The van der Waals surface area contributed by atoms with Gasteiger partial charge >= 0.3 is 0 Å². The zero-order valence-corrected chi connectivity index (χ0v) is 13.4. The molecule has 118 valence electrons. The van der Waals surface area contributed by atoms with Gasteiger partial charge in [0.1, 0.15) is 11.6 Å². The molecule has 23 heavy (non-hydrogen) atoms. The summed E-state index contributed by atoms with van der Waals surface area (Å²) in [6, 6.07) is 10.5. The molecule has 1 aromatic carbocycles. The lowest BCUT2D eigenvalue weighted by atomic mass is 9.83. The highest BCUT2D eigenvalue weighted by molar-refractivity contribution is 5.55. The highest BCUT2D eigenvalue weighted by atomic mass is 16.5. The number of nitrogens with one attached hydrogen (secondary N) is 1. The number of hydrogen-bond donors (Lipinski definition) is 2. The van der Waals surface area contributed by atoms with E-state index in [1.807, 2.05) is 0 Å². The highest BCUT2D eigenvalue weighted by Gasteiger charge is 2.34. The van der Waals surface area contributed by atoms with Crippen LogP contribution in [0.25, 0.3) is 0 Å². The van der Waals surface area contributed by atoms with Gasteiger partial charge in [-0.3, -0.25) is 5.10 Å². The number of ether oxygens (including phenoxy) is 1. The number of rotatable bonds is 4. The summed E-state index contributed by atoms with van der Waals surface area (Å²) >= 11 is 0. The Morgan fingerprint density at radius 1 is 1.30 bits per heavy atom. The maximum absolute atomic E-state index is 9.58. The van der Waals surface area contributed by atoms with Gasteiger partial charge in [-0.1, -0.05) is 44.5 Å². The van der Waals surface area contributed by atoms with E-state index in [-0.39, 0.29) is 11.8 Å². The summed E-state index contributed by atoms with van der Waals surface area (Å²) in [5, 5.41) is 16.9. The van der Waals surface area contributed by atoms with E-state index in [1.54, 1.807) is 0 Å². The summed E-state index contributed by atoms with van der Waals surface area (Å²) in [6.07, 6.45) is 2.82. The van der Waals surface area contributed by atoms with Crippen molar-refractivity contribution in [2.45, 2.75) is 39.0 Å². The van der Waals surface area contributed by atoms with Gasteiger partial charge in [0.2, 0.25) is 11.8 Å². The number of nitrogens with two attached hydrogens (primary N) is 1. The van der Waals surface area contributed by atoms with E-state index in [0.717, 1.165) is 36.1 Å². The molecule has 3 rings (SSSR count). The van der Waals surface area contributed by atoms with Gasteiger partial charge in [0.05, 0.1) is 5.92 Å². The number of aromatic nitrogens is 2. The number of aryl methyl sites for hydroxylation is 2. The smallest absolute Gasteiger partial charge is 0.244 e. The molecule has 0 saturated heterocycles. The van der Waals surface area contributed by atoms with Crippen LogP contribution < -0.4 is 10.5 Å². The fourth-order valence-electron chi connectivity index (χ4n) is 3.03. The molecule has 5 nitrogen and oxygen atoms in total. The molecule has 1 aromatic heterocycles. The Kier molecular flexibility index (Phi) is 4.07. The third-order valence-corrected chi connectivity index (χ3v) is 4.24. The van der Waals surface area contributed by atoms with E-state index in [9.17, 15) is 5.26 Å². The van der Waals surface area contributed by atoms with Crippen molar-refractivity contribution >= 4 is 0 Å². The monoisotopic (exact) mass is 308 g/mol. The molecule has 0 fully saturated rings. The van der Waals surface area contributed by atoms with Crippen molar-refractivity contribution in [3.8, 4) is 11.9 Å². The second kappa shape index (κ2) is 6.17. The molecular formula is C18H20N4O. The first-order chi connectivity index (χ1) is 11.2. The molecule has 1 aliphatic heterocycles. The standard InChI is InChI=1S/C18H20N4O/c1-3-5-14-16-15(12-8-6-11(4-2)7-9-12)13(10-19)17(20)23-18(16)22-21-14/h6-9,15H,3-5,20H2,1-2H3,(H,21,22)/t15-/m0/s1. The van der Waals surface area contributed by atoms with Crippen LogP contribution in [-0.4, -0.2) is 10.2 Å². The molecule has 0 amide bonds. The number of fused-ring (bicyclic) bond motifs is 1. The number of nitriles is 1. The van der Waals surface area contributed by atoms with Gasteiger partial charge in [0.25, 0.3) is 0 Å². The number of hydrogen-bond acceptors (Lipinski definition) is 4. The van der Waals surface area contributed by atoms with E-state index in [0.29, 0.717) is 11.5 Å². The summed E-state index contributed by atoms with van der Waals surface area (Å²) < 4.78 is 5.55. The van der Waals surface area contributed by atoms with Crippen molar-refractivity contribution < 1.29 is 4.74 Å². The predicted octanol–water partition coefficient (Wildman–Crippen LogP) is 3.14. The van der Waals surface area contributed by atoms with E-state index < -0.39 is 0 Å². The maximum Gasteiger partial charge on any atom is 0.244 e. The lowest BCUT2D eigenvalue weighted by Crippen LogP contribution is -2.21. The summed E-state index contributed by atoms with van der Waals surface area (Å²) in [5.74, 6) is 0.392.